The van der Waals surface area contributed by atoms with Crippen LogP contribution in [0.2, 0.25) is 0 Å². The largest absolute Gasteiger partial charge is 0.347 e. The minimum atomic E-state index is -0.685. The highest BCUT2D eigenvalue weighted by Gasteiger charge is 2.82. The van der Waals surface area contributed by atoms with Gasteiger partial charge in [0.1, 0.15) is 12.2 Å². The lowest BCUT2D eigenvalue weighted by molar-refractivity contribution is -0.175. The van der Waals surface area contributed by atoms with Gasteiger partial charge in [-0.25, -0.2) is 0 Å². The fourth-order valence-electron chi connectivity index (χ4n) is 2.27. The highest BCUT2D eigenvalue weighted by Crippen LogP contribution is 2.60. The predicted molar refractivity (Wildman–Crippen MR) is 49.7 cm³/mol. The number of methoxy groups -OCH3 is 2. The summed E-state index contributed by atoms with van der Waals surface area (Å²) in [5.41, 5.74) is 0. The van der Waals surface area contributed by atoms with Gasteiger partial charge >= 0.3 is 0 Å². The third-order valence-corrected chi connectivity index (χ3v) is 3.15. The molecule has 0 radical (unpaired) electrons. The number of epoxide rings is 2. The third-order valence-electron chi connectivity index (χ3n) is 3.15. The molecule has 2 fully saturated rings. The van der Waals surface area contributed by atoms with Crippen molar-refractivity contribution in [2.24, 2.45) is 5.92 Å². The molecule has 2 saturated heterocycles. The first-order valence-electron chi connectivity index (χ1n) is 5.00. The lowest BCUT2D eigenvalue weighted by Crippen LogP contribution is -2.42. The molecule has 4 atom stereocenters. The molecule has 0 aromatic carbocycles. The molecule has 2 aliphatic rings. The summed E-state index contributed by atoms with van der Waals surface area (Å²) in [5.74, 6) is -0.968. The van der Waals surface area contributed by atoms with E-state index in [2.05, 4.69) is 13.8 Å². The second-order valence-corrected chi connectivity index (χ2v) is 4.29. The van der Waals surface area contributed by atoms with Gasteiger partial charge in [-0.05, 0) is 12.8 Å². The van der Waals surface area contributed by atoms with E-state index in [0.717, 1.165) is 0 Å². The quantitative estimate of drug-likeness (QED) is 0.641. The minimum Gasteiger partial charge on any atom is -0.347 e. The molecule has 2 heterocycles. The van der Waals surface area contributed by atoms with E-state index in [1.54, 1.807) is 14.2 Å². The molecule has 4 nitrogen and oxygen atoms in total. The van der Waals surface area contributed by atoms with Crippen LogP contribution >= 0.6 is 0 Å². The van der Waals surface area contributed by atoms with Crippen LogP contribution < -0.4 is 0 Å². The van der Waals surface area contributed by atoms with Crippen molar-refractivity contribution in [1.29, 1.82) is 0 Å². The van der Waals surface area contributed by atoms with Gasteiger partial charge < -0.3 is 18.9 Å². The summed E-state index contributed by atoms with van der Waals surface area (Å²) < 4.78 is 21.9. The van der Waals surface area contributed by atoms with Crippen LogP contribution in [-0.4, -0.2) is 38.0 Å². The molecule has 0 amide bonds. The maximum Gasteiger partial charge on any atom is 0.254 e. The number of hydrogen-bond acceptors (Lipinski definition) is 4. The molecule has 4 heteroatoms. The molecular weight excluding hydrogens is 184 g/mol. The Kier molecular flexibility index (Phi) is 2.16. The van der Waals surface area contributed by atoms with Crippen molar-refractivity contribution in [2.45, 2.75) is 44.6 Å². The molecule has 4 unspecified atom stereocenters. The second kappa shape index (κ2) is 2.92. The van der Waals surface area contributed by atoms with E-state index in [9.17, 15) is 0 Å². The van der Waals surface area contributed by atoms with E-state index < -0.39 is 11.6 Å². The Morgan fingerprint density at radius 1 is 1.07 bits per heavy atom. The van der Waals surface area contributed by atoms with Crippen LogP contribution in [0.25, 0.3) is 0 Å². The average Bonchev–Trinajstić information content (AvgIpc) is 2.99. The SMILES string of the molecule is COC1(C2(OC)OC2C(C)C)OC1C. The van der Waals surface area contributed by atoms with Crippen molar-refractivity contribution in [2.75, 3.05) is 14.2 Å². The Labute approximate surface area is 84.5 Å². The first-order chi connectivity index (χ1) is 6.54. The zero-order chi connectivity index (χ0) is 10.6. The maximum absolute atomic E-state index is 5.63. The fourth-order valence-corrected chi connectivity index (χ4v) is 2.27. The fraction of sp³-hybridized carbons (Fsp3) is 1.00. The summed E-state index contributed by atoms with van der Waals surface area (Å²) in [6, 6.07) is 0. The molecule has 82 valence electrons. The van der Waals surface area contributed by atoms with Crippen LogP contribution in [0.15, 0.2) is 0 Å². The molecule has 0 saturated carbocycles. The van der Waals surface area contributed by atoms with Crippen LogP contribution in [0.5, 0.6) is 0 Å². The van der Waals surface area contributed by atoms with Crippen LogP contribution in [0.1, 0.15) is 20.8 Å². The van der Waals surface area contributed by atoms with Crippen LogP contribution in [-0.2, 0) is 18.9 Å². The van der Waals surface area contributed by atoms with Gasteiger partial charge in [0, 0.05) is 14.2 Å². The molecule has 14 heavy (non-hydrogen) atoms. The van der Waals surface area contributed by atoms with Crippen molar-refractivity contribution in [3.63, 3.8) is 0 Å². The van der Waals surface area contributed by atoms with E-state index in [1.807, 2.05) is 6.92 Å². The first kappa shape index (κ1) is 10.4. The van der Waals surface area contributed by atoms with Gasteiger partial charge in [0.2, 0.25) is 0 Å². The molecule has 2 aliphatic heterocycles. The minimum absolute atomic E-state index is 0.0381. The first-order valence-corrected chi connectivity index (χ1v) is 5.00. The van der Waals surface area contributed by atoms with E-state index in [4.69, 9.17) is 18.9 Å². The second-order valence-electron chi connectivity index (χ2n) is 4.29. The van der Waals surface area contributed by atoms with E-state index in [0.29, 0.717) is 5.92 Å². The summed E-state index contributed by atoms with van der Waals surface area (Å²) in [6.07, 6.45) is 0.105. The molecular formula is C10H18O4. The van der Waals surface area contributed by atoms with Gasteiger partial charge in [-0.1, -0.05) is 13.8 Å². The molecule has 0 aromatic rings. The van der Waals surface area contributed by atoms with Gasteiger partial charge in [0.25, 0.3) is 11.6 Å². The zero-order valence-corrected chi connectivity index (χ0v) is 9.37. The zero-order valence-electron chi connectivity index (χ0n) is 9.37. The van der Waals surface area contributed by atoms with Gasteiger partial charge in [0.15, 0.2) is 0 Å². The normalized spacial score (nSPS) is 51.0. The summed E-state index contributed by atoms with van der Waals surface area (Å²) in [6.45, 7) is 6.16. The van der Waals surface area contributed by atoms with Crippen molar-refractivity contribution >= 4 is 0 Å². The molecule has 0 spiro atoms. The molecule has 0 bridgehead atoms. The van der Waals surface area contributed by atoms with Gasteiger partial charge in [-0.2, -0.15) is 0 Å². The van der Waals surface area contributed by atoms with E-state index >= 15 is 0 Å². The average molecular weight is 202 g/mol. The predicted octanol–water partition coefficient (Wildman–Crippen LogP) is 1.15. The Morgan fingerprint density at radius 3 is 1.79 bits per heavy atom. The van der Waals surface area contributed by atoms with E-state index in [-0.39, 0.29) is 12.2 Å². The number of hydrogen-bond donors (Lipinski definition) is 0. The highest BCUT2D eigenvalue weighted by atomic mass is 16.9. The Morgan fingerprint density at radius 2 is 1.57 bits per heavy atom. The van der Waals surface area contributed by atoms with Gasteiger partial charge in [-0.15, -0.1) is 0 Å². The molecule has 2 rings (SSSR count). The number of rotatable bonds is 4. The Balaban J connectivity index is 2.16. The highest BCUT2D eigenvalue weighted by molar-refractivity contribution is 5.16. The molecule has 0 N–H and O–H groups in total. The van der Waals surface area contributed by atoms with Gasteiger partial charge in [-0.3, -0.25) is 0 Å². The monoisotopic (exact) mass is 202 g/mol. The van der Waals surface area contributed by atoms with Crippen LogP contribution in [0.3, 0.4) is 0 Å². The Hall–Kier alpha value is -0.160. The van der Waals surface area contributed by atoms with Crippen LogP contribution in [0.4, 0.5) is 0 Å². The molecule has 0 aromatic heterocycles. The van der Waals surface area contributed by atoms with Gasteiger partial charge in [0.05, 0.1) is 0 Å². The summed E-state index contributed by atoms with van der Waals surface area (Å²) >= 11 is 0. The summed E-state index contributed by atoms with van der Waals surface area (Å²) in [4.78, 5) is 0. The Bertz CT molecular complexity index is 238. The maximum atomic E-state index is 5.63. The van der Waals surface area contributed by atoms with Crippen molar-refractivity contribution in [3.05, 3.63) is 0 Å². The van der Waals surface area contributed by atoms with Crippen molar-refractivity contribution < 1.29 is 18.9 Å². The lowest BCUT2D eigenvalue weighted by atomic mass is 10.00. The van der Waals surface area contributed by atoms with Crippen molar-refractivity contribution in [1.82, 2.24) is 0 Å². The van der Waals surface area contributed by atoms with E-state index in [1.165, 1.54) is 0 Å². The standard InChI is InChI=1S/C10H18O4/c1-6(2)8-10(12-5,14-8)9(11-4)7(3)13-9/h6-8H,1-5H3. The van der Waals surface area contributed by atoms with Crippen molar-refractivity contribution in [3.8, 4) is 0 Å². The lowest BCUT2D eigenvalue weighted by Gasteiger charge is -2.19. The molecule has 0 aliphatic carbocycles. The summed E-state index contributed by atoms with van der Waals surface area (Å²) in [7, 11) is 3.26. The number of ether oxygens (including phenoxy) is 4. The third kappa shape index (κ3) is 1.03. The smallest absolute Gasteiger partial charge is 0.254 e. The summed E-state index contributed by atoms with van der Waals surface area (Å²) in [5, 5.41) is 0. The topological polar surface area (TPSA) is 43.5 Å². The van der Waals surface area contributed by atoms with Crippen LogP contribution in [0, 0.1) is 5.92 Å².